The van der Waals surface area contributed by atoms with Gasteiger partial charge in [0.05, 0.1) is 26.7 Å². The van der Waals surface area contributed by atoms with Crippen LogP contribution in [0.2, 0.25) is 0 Å². The van der Waals surface area contributed by atoms with Crippen LogP contribution in [-0.2, 0) is 11.3 Å². The fraction of sp³-hybridized carbons (Fsp3) is 0.391. The largest absolute Gasteiger partial charge is 0.497 e. The number of amides is 1. The molecule has 7 nitrogen and oxygen atoms in total. The van der Waals surface area contributed by atoms with Gasteiger partial charge in [0, 0.05) is 14.1 Å². The van der Waals surface area contributed by atoms with Crippen molar-refractivity contribution in [3.8, 4) is 11.5 Å². The highest BCUT2D eigenvalue weighted by Gasteiger charge is 2.13. The van der Waals surface area contributed by atoms with Gasteiger partial charge in [-0.1, -0.05) is 31.2 Å². The van der Waals surface area contributed by atoms with Crippen LogP contribution in [0.4, 0.5) is 4.39 Å². The summed E-state index contributed by atoms with van der Waals surface area (Å²) < 4.78 is 24.9. The van der Waals surface area contributed by atoms with Crippen LogP contribution in [0.3, 0.4) is 0 Å². The molecule has 0 heterocycles. The summed E-state index contributed by atoms with van der Waals surface area (Å²) in [4.78, 5) is 18.0. The summed E-state index contributed by atoms with van der Waals surface area (Å²) in [5, 5.41) is 6.24. The Morgan fingerprint density at radius 3 is 2.45 bits per heavy atom. The lowest BCUT2D eigenvalue weighted by atomic mass is 10.2. The van der Waals surface area contributed by atoms with Crippen molar-refractivity contribution in [1.29, 1.82) is 0 Å². The van der Waals surface area contributed by atoms with E-state index in [1.807, 2.05) is 31.2 Å². The molecule has 0 bridgehead atoms. The average Bonchev–Trinajstić information content (AvgIpc) is 2.78. The maximum atomic E-state index is 13.9. The van der Waals surface area contributed by atoms with Gasteiger partial charge < -0.3 is 25.0 Å². The Hall–Kier alpha value is -3.29. The first-order valence-electron chi connectivity index (χ1n) is 10.2. The van der Waals surface area contributed by atoms with E-state index in [2.05, 4.69) is 15.6 Å². The van der Waals surface area contributed by atoms with E-state index in [9.17, 15) is 9.18 Å². The molecule has 2 N–H and O–H groups in total. The van der Waals surface area contributed by atoms with Crippen LogP contribution in [0.25, 0.3) is 0 Å². The lowest BCUT2D eigenvalue weighted by molar-refractivity contribution is -0.127. The number of carbonyl (C=O) groups is 1. The molecule has 0 spiro atoms. The van der Waals surface area contributed by atoms with Crippen LogP contribution < -0.4 is 20.1 Å². The zero-order valence-electron chi connectivity index (χ0n) is 18.5. The van der Waals surface area contributed by atoms with Gasteiger partial charge in [-0.2, -0.15) is 0 Å². The van der Waals surface area contributed by atoms with Crippen molar-refractivity contribution >= 4 is 11.9 Å². The second-order valence-electron chi connectivity index (χ2n) is 7.11. The Balaban J connectivity index is 2.03. The van der Waals surface area contributed by atoms with E-state index in [-0.39, 0.29) is 24.3 Å². The van der Waals surface area contributed by atoms with E-state index in [0.717, 1.165) is 11.3 Å². The number of ether oxygens (including phenoxy) is 2. The zero-order chi connectivity index (χ0) is 22.6. The third-order valence-corrected chi connectivity index (χ3v) is 4.57. The summed E-state index contributed by atoms with van der Waals surface area (Å²) in [5.74, 6) is 0.986. The highest BCUT2D eigenvalue weighted by Crippen LogP contribution is 2.17. The molecule has 0 saturated carbocycles. The second-order valence-corrected chi connectivity index (χ2v) is 7.11. The molecule has 0 aromatic heterocycles. The van der Waals surface area contributed by atoms with Crippen molar-refractivity contribution in [3.05, 3.63) is 59.9 Å². The molecule has 8 heteroatoms. The van der Waals surface area contributed by atoms with E-state index in [0.29, 0.717) is 25.5 Å². The molecule has 0 aliphatic rings. The number of para-hydroxylation sites is 1. The predicted molar refractivity (Wildman–Crippen MR) is 120 cm³/mol. The lowest BCUT2D eigenvalue weighted by Crippen LogP contribution is -2.45. The molecular weight excluding hydrogens is 399 g/mol. The van der Waals surface area contributed by atoms with Gasteiger partial charge in [-0.3, -0.25) is 4.79 Å². The van der Waals surface area contributed by atoms with Crippen LogP contribution in [0.1, 0.15) is 18.9 Å². The Labute approximate surface area is 183 Å². The summed E-state index contributed by atoms with van der Waals surface area (Å²) in [6.45, 7) is 2.88. The van der Waals surface area contributed by atoms with Crippen molar-refractivity contribution in [3.63, 3.8) is 0 Å². The maximum absolute atomic E-state index is 13.9. The fourth-order valence-electron chi connectivity index (χ4n) is 2.59. The SMILES string of the molecule is CCC(CNC(=NCc1ccc(OC)cc1)NCC(=O)N(C)C)Oc1ccccc1F. The normalized spacial score (nSPS) is 12.1. The van der Waals surface area contributed by atoms with Gasteiger partial charge in [0.25, 0.3) is 0 Å². The molecule has 0 radical (unpaired) electrons. The molecule has 0 aliphatic heterocycles. The quantitative estimate of drug-likeness (QED) is 0.448. The molecule has 1 amide bonds. The molecule has 2 aromatic rings. The molecule has 31 heavy (non-hydrogen) atoms. The molecule has 168 valence electrons. The van der Waals surface area contributed by atoms with E-state index < -0.39 is 5.82 Å². The van der Waals surface area contributed by atoms with Gasteiger partial charge in [-0.25, -0.2) is 9.38 Å². The van der Waals surface area contributed by atoms with Gasteiger partial charge in [-0.15, -0.1) is 0 Å². The van der Waals surface area contributed by atoms with Gasteiger partial charge in [0.15, 0.2) is 17.5 Å². The third-order valence-electron chi connectivity index (χ3n) is 4.57. The molecule has 0 aliphatic carbocycles. The fourth-order valence-corrected chi connectivity index (χ4v) is 2.59. The molecule has 2 aromatic carbocycles. The second kappa shape index (κ2) is 12.4. The summed E-state index contributed by atoms with van der Waals surface area (Å²) in [5.41, 5.74) is 0.996. The molecule has 0 saturated heterocycles. The van der Waals surface area contributed by atoms with Crippen molar-refractivity contribution in [2.75, 3.05) is 34.3 Å². The van der Waals surface area contributed by atoms with Crippen LogP contribution in [0, 0.1) is 5.82 Å². The number of nitrogens with one attached hydrogen (secondary N) is 2. The highest BCUT2D eigenvalue weighted by atomic mass is 19.1. The molecule has 2 rings (SSSR count). The zero-order valence-corrected chi connectivity index (χ0v) is 18.5. The Kier molecular flexibility index (Phi) is 9.61. The third kappa shape index (κ3) is 8.16. The van der Waals surface area contributed by atoms with Crippen molar-refractivity contribution in [2.45, 2.75) is 26.0 Å². The lowest BCUT2D eigenvalue weighted by Gasteiger charge is -2.21. The van der Waals surface area contributed by atoms with Gasteiger partial charge in [0.1, 0.15) is 11.9 Å². The van der Waals surface area contributed by atoms with Crippen molar-refractivity contribution < 1.29 is 18.7 Å². The number of carbonyl (C=O) groups excluding carboxylic acids is 1. The first-order valence-corrected chi connectivity index (χ1v) is 10.2. The number of hydrogen-bond donors (Lipinski definition) is 2. The van der Waals surface area contributed by atoms with Crippen molar-refractivity contribution in [1.82, 2.24) is 15.5 Å². The van der Waals surface area contributed by atoms with E-state index >= 15 is 0 Å². The number of likely N-dealkylation sites (N-methyl/N-ethyl adjacent to an activating group) is 1. The molecule has 0 fully saturated rings. The number of rotatable bonds is 10. The molecular formula is C23H31FN4O3. The number of hydrogen-bond acceptors (Lipinski definition) is 4. The summed E-state index contributed by atoms with van der Waals surface area (Å²) in [7, 11) is 5.01. The summed E-state index contributed by atoms with van der Waals surface area (Å²) in [6, 6.07) is 13.9. The monoisotopic (exact) mass is 430 g/mol. The van der Waals surface area contributed by atoms with Crippen LogP contribution in [0.5, 0.6) is 11.5 Å². The summed E-state index contributed by atoms with van der Waals surface area (Å²) >= 11 is 0. The van der Waals surface area contributed by atoms with Crippen LogP contribution >= 0.6 is 0 Å². The number of guanidine groups is 1. The van der Waals surface area contributed by atoms with Crippen LogP contribution in [-0.4, -0.2) is 57.2 Å². The number of methoxy groups -OCH3 is 1. The van der Waals surface area contributed by atoms with Crippen molar-refractivity contribution in [2.24, 2.45) is 4.99 Å². The van der Waals surface area contributed by atoms with Crippen LogP contribution in [0.15, 0.2) is 53.5 Å². The minimum absolute atomic E-state index is 0.0754. The molecule has 1 atom stereocenters. The van der Waals surface area contributed by atoms with E-state index in [1.165, 1.54) is 11.0 Å². The number of nitrogens with zero attached hydrogens (tertiary/aromatic N) is 2. The Bertz CT molecular complexity index is 856. The van der Waals surface area contributed by atoms with Gasteiger partial charge in [0.2, 0.25) is 5.91 Å². The Morgan fingerprint density at radius 1 is 1.13 bits per heavy atom. The predicted octanol–water partition coefficient (Wildman–Crippen LogP) is 2.82. The Morgan fingerprint density at radius 2 is 1.84 bits per heavy atom. The smallest absolute Gasteiger partial charge is 0.241 e. The topological polar surface area (TPSA) is 75.2 Å². The molecule has 1 unspecified atom stereocenters. The minimum atomic E-state index is -0.399. The van der Waals surface area contributed by atoms with Gasteiger partial charge in [-0.05, 0) is 36.2 Å². The van der Waals surface area contributed by atoms with E-state index in [1.54, 1.807) is 39.4 Å². The van der Waals surface area contributed by atoms with E-state index in [4.69, 9.17) is 9.47 Å². The number of aliphatic imine (C=N–C) groups is 1. The summed E-state index contributed by atoms with van der Waals surface area (Å²) in [6.07, 6.45) is 0.401. The first kappa shape index (κ1) is 24.0. The number of halogens is 1. The average molecular weight is 431 g/mol. The van der Waals surface area contributed by atoms with Gasteiger partial charge >= 0.3 is 0 Å². The minimum Gasteiger partial charge on any atom is -0.497 e. The first-order chi connectivity index (χ1) is 14.9. The standard InChI is InChI=1S/C23H31FN4O3/c1-5-18(31-21-9-7-6-8-20(21)24)15-26-23(27-16-22(29)28(2)3)25-14-17-10-12-19(30-4)13-11-17/h6-13,18H,5,14-16H2,1-4H3,(H2,25,26,27). The maximum Gasteiger partial charge on any atom is 0.241 e. The highest BCUT2D eigenvalue weighted by molar-refractivity contribution is 5.86. The number of benzene rings is 2.